The van der Waals surface area contributed by atoms with Crippen molar-refractivity contribution in [1.82, 2.24) is 14.8 Å². The molecule has 1 unspecified atom stereocenters. The summed E-state index contributed by atoms with van der Waals surface area (Å²) in [4.78, 5) is 13.5. The molecule has 1 aliphatic rings. The third kappa shape index (κ3) is 4.48. The number of carbonyl (C=O) groups is 1. The van der Waals surface area contributed by atoms with Crippen LogP contribution in [0.1, 0.15) is 31.4 Å². The summed E-state index contributed by atoms with van der Waals surface area (Å²) >= 11 is 2.88. The molecule has 2 heterocycles. The van der Waals surface area contributed by atoms with E-state index in [2.05, 4.69) is 20.1 Å². The van der Waals surface area contributed by atoms with Crippen molar-refractivity contribution in [3.8, 4) is 10.7 Å². The normalized spacial score (nSPS) is 15.3. The highest BCUT2D eigenvalue weighted by Gasteiger charge is 2.32. The van der Waals surface area contributed by atoms with Crippen LogP contribution in [-0.4, -0.2) is 25.9 Å². The molecule has 0 radical (unpaired) electrons. The Balaban J connectivity index is 1.45. The lowest BCUT2D eigenvalue weighted by molar-refractivity contribution is -0.137. The molecule has 1 saturated carbocycles. The Morgan fingerprint density at radius 2 is 1.97 bits per heavy atom. The Morgan fingerprint density at radius 1 is 1.24 bits per heavy atom. The number of anilines is 1. The van der Waals surface area contributed by atoms with Crippen molar-refractivity contribution in [2.24, 2.45) is 0 Å². The monoisotopic (exact) mass is 438 g/mol. The van der Waals surface area contributed by atoms with Crippen LogP contribution in [0.5, 0.6) is 0 Å². The van der Waals surface area contributed by atoms with Gasteiger partial charge < -0.3 is 5.32 Å². The molecule has 1 aromatic carbocycles. The van der Waals surface area contributed by atoms with Gasteiger partial charge in [-0.15, -0.1) is 21.5 Å². The lowest BCUT2D eigenvalue weighted by atomic mass is 10.2. The number of alkyl halides is 3. The highest BCUT2D eigenvalue weighted by atomic mass is 32.2. The predicted molar refractivity (Wildman–Crippen MR) is 107 cm³/mol. The van der Waals surface area contributed by atoms with Crippen LogP contribution < -0.4 is 5.32 Å². The van der Waals surface area contributed by atoms with Crippen molar-refractivity contribution >= 4 is 34.7 Å². The van der Waals surface area contributed by atoms with Gasteiger partial charge in [-0.1, -0.05) is 17.8 Å². The first-order chi connectivity index (χ1) is 13.8. The minimum Gasteiger partial charge on any atom is -0.325 e. The third-order valence-corrected chi connectivity index (χ3v) is 6.37. The molecule has 1 amide bonds. The molecule has 10 heteroatoms. The van der Waals surface area contributed by atoms with Gasteiger partial charge in [0.05, 0.1) is 15.7 Å². The van der Waals surface area contributed by atoms with E-state index in [4.69, 9.17) is 0 Å². The van der Waals surface area contributed by atoms with Crippen molar-refractivity contribution in [3.05, 3.63) is 47.3 Å². The first-order valence-electron chi connectivity index (χ1n) is 8.96. The number of nitrogens with zero attached hydrogens (tertiary/aromatic N) is 3. The maximum atomic E-state index is 12.7. The molecule has 1 N–H and O–H groups in total. The lowest BCUT2D eigenvalue weighted by Gasteiger charge is -2.14. The summed E-state index contributed by atoms with van der Waals surface area (Å²) in [7, 11) is 0. The van der Waals surface area contributed by atoms with E-state index < -0.39 is 17.0 Å². The van der Waals surface area contributed by atoms with E-state index >= 15 is 0 Å². The van der Waals surface area contributed by atoms with E-state index in [0.717, 1.165) is 35.7 Å². The van der Waals surface area contributed by atoms with Crippen molar-refractivity contribution < 1.29 is 18.0 Å². The van der Waals surface area contributed by atoms with Gasteiger partial charge in [0.15, 0.2) is 11.0 Å². The average molecular weight is 439 g/mol. The van der Waals surface area contributed by atoms with Crippen LogP contribution in [0.25, 0.3) is 10.7 Å². The molecule has 0 bridgehead atoms. The van der Waals surface area contributed by atoms with Crippen LogP contribution in [0.15, 0.2) is 46.9 Å². The Hall–Kier alpha value is -2.33. The van der Waals surface area contributed by atoms with Gasteiger partial charge in [-0.05, 0) is 55.5 Å². The Morgan fingerprint density at radius 3 is 2.55 bits per heavy atom. The molecular formula is C19H17F3N4OS2. The number of halogens is 3. The summed E-state index contributed by atoms with van der Waals surface area (Å²) in [5.74, 6) is 0.498. The fourth-order valence-electron chi connectivity index (χ4n) is 2.79. The second kappa shape index (κ2) is 7.83. The summed E-state index contributed by atoms with van der Waals surface area (Å²) in [6.45, 7) is 1.74. The molecule has 5 nitrogen and oxygen atoms in total. The van der Waals surface area contributed by atoms with Crippen LogP contribution in [0.3, 0.4) is 0 Å². The van der Waals surface area contributed by atoms with Crippen LogP contribution in [0.4, 0.5) is 18.9 Å². The summed E-state index contributed by atoms with van der Waals surface area (Å²) in [5.41, 5.74) is -0.435. The number of thiophene rings is 1. The lowest BCUT2D eigenvalue weighted by Crippen LogP contribution is -2.23. The first kappa shape index (κ1) is 20.0. The van der Waals surface area contributed by atoms with E-state index in [1.54, 1.807) is 18.3 Å². The molecule has 1 atom stereocenters. The number of nitrogens with one attached hydrogen (secondary N) is 1. The molecule has 29 heavy (non-hydrogen) atoms. The molecule has 1 aliphatic carbocycles. The number of amides is 1. The smallest absolute Gasteiger partial charge is 0.325 e. The SMILES string of the molecule is CC(Sc1nnc(-c2cccs2)n1C1CC1)C(=O)Nc1ccc(C(F)(F)F)cc1. The second-order valence-electron chi connectivity index (χ2n) is 6.71. The van der Waals surface area contributed by atoms with Gasteiger partial charge in [-0.2, -0.15) is 13.2 Å². The maximum absolute atomic E-state index is 12.7. The van der Waals surface area contributed by atoms with E-state index in [9.17, 15) is 18.0 Å². The highest BCUT2D eigenvalue weighted by Crippen LogP contribution is 2.42. The average Bonchev–Trinajstić information content (AvgIpc) is 3.20. The predicted octanol–water partition coefficient (Wildman–Crippen LogP) is 5.48. The van der Waals surface area contributed by atoms with Crippen LogP contribution in [0, 0.1) is 0 Å². The number of thioether (sulfide) groups is 1. The minimum absolute atomic E-state index is 0.308. The Bertz CT molecular complexity index is 996. The molecule has 1 fully saturated rings. The van der Waals surface area contributed by atoms with Crippen molar-refractivity contribution in [3.63, 3.8) is 0 Å². The first-order valence-corrected chi connectivity index (χ1v) is 10.7. The van der Waals surface area contributed by atoms with Gasteiger partial charge in [0, 0.05) is 11.7 Å². The van der Waals surface area contributed by atoms with Crippen LogP contribution in [0.2, 0.25) is 0 Å². The maximum Gasteiger partial charge on any atom is 0.416 e. The van der Waals surface area contributed by atoms with Crippen molar-refractivity contribution in [2.45, 2.75) is 42.4 Å². The standard InChI is InChI=1S/C19H17F3N4OS2/c1-11(17(27)23-13-6-4-12(5-7-13)19(20,21)22)29-18-25-24-16(15-3-2-10-28-15)26(18)14-8-9-14/h2-7,10-11,14H,8-9H2,1H3,(H,23,27). The van der Waals surface area contributed by atoms with E-state index in [1.165, 1.54) is 23.9 Å². The van der Waals surface area contributed by atoms with Gasteiger partial charge >= 0.3 is 6.18 Å². The summed E-state index contributed by atoms with van der Waals surface area (Å²) in [5, 5.41) is 13.4. The zero-order chi connectivity index (χ0) is 20.6. The molecule has 0 aliphatic heterocycles. The highest BCUT2D eigenvalue weighted by molar-refractivity contribution is 8.00. The molecule has 3 aromatic rings. The van der Waals surface area contributed by atoms with E-state index in [-0.39, 0.29) is 5.91 Å². The van der Waals surface area contributed by atoms with E-state index in [1.807, 2.05) is 17.5 Å². The summed E-state index contributed by atoms with van der Waals surface area (Å²) in [6.07, 6.45) is -2.30. The molecular weight excluding hydrogens is 421 g/mol. The van der Waals surface area contributed by atoms with Gasteiger partial charge in [-0.25, -0.2) is 0 Å². The molecule has 2 aromatic heterocycles. The molecule has 152 valence electrons. The number of hydrogen-bond donors (Lipinski definition) is 1. The van der Waals surface area contributed by atoms with Gasteiger partial charge in [-0.3, -0.25) is 9.36 Å². The molecule has 0 saturated heterocycles. The Labute approximate surface area is 173 Å². The molecule has 4 rings (SSSR count). The van der Waals surface area contributed by atoms with Gasteiger partial charge in [0.25, 0.3) is 0 Å². The van der Waals surface area contributed by atoms with Crippen LogP contribution in [-0.2, 0) is 11.0 Å². The van der Waals surface area contributed by atoms with E-state index in [0.29, 0.717) is 16.9 Å². The fraction of sp³-hybridized carbons (Fsp3) is 0.316. The minimum atomic E-state index is -4.40. The van der Waals surface area contributed by atoms with Crippen molar-refractivity contribution in [2.75, 3.05) is 5.32 Å². The largest absolute Gasteiger partial charge is 0.416 e. The quantitative estimate of drug-likeness (QED) is 0.518. The fourth-order valence-corrected chi connectivity index (χ4v) is 4.42. The summed E-state index contributed by atoms with van der Waals surface area (Å²) < 4.78 is 40.1. The zero-order valence-corrected chi connectivity index (χ0v) is 16.9. The number of aromatic nitrogens is 3. The topological polar surface area (TPSA) is 59.8 Å². The van der Waals surface area contributed by atoms with Gasteiger partial charge in [0.2, 0.25) is 5.91 Å². The number of benzene rings is 1. The molecule has 0 spiro atoms. The third-order valence-electron chi connectivity index (χ3n) is 4.45. The zero-order valence-electron chi connectivity index (χ0n) is 15.3. The Kier molecular flexibility index (Phi) is 5.39. The second-order valence-corrected chi connectivity index (χ2v) is 8.96. The number of carbonyl (C=O) groups excluding carboxylic acids is 1. The van der Waals surface area contributed by atoms with Crippen molar-refractivity contribution in [1.29, 1.82) is 0 Å². The number of hydrogen-bond acceptors (Lipinski definition) is 5. The van der Waals surface area contributed by atoms with Crippen LogP contribution >= 0.6 is 23.1 Å². The summed E-state index contributed by atoms with van der Waals surface area (Å²) in [6, 6.07) is 8.69. The number of rotatable bonds is 6. The van der Waals surface area contributed by atoms with Gasteiger partial charge in [0.1, 0.15) is 0 Å².